The molecule has 3 aliphatic rings. The van der Waals surface area contributed by atoms with Gasteiger partial charge in [-0.1, -0.05) is 48.0 Å². The molecule has 34 heavy (non-hydrogen) atoms. The van der Waals surface area contributed by atoms with Crippen molar-refractivity contribution in [2.75, 3.05) is 17.6 Å². The second-order valence-corrected chi connectivity index (χ2v) is 11.4. The largest absolute Gasteiger partial charge is 0.378 e. The number of amides is 1. The van der Waals surface area contributed by atoms with Gasteiger partial charge in [-0.25, -0.2) is 0 Å². The minimum atomic E-state index is 0.0391. The molecule has 0 saturated heterocycles. The van der Waals surface area contributed by atoms with Crippen molar-refractivity contribution in [3.05, 3.63) is 95.1 Å². The van der Waals surface area contributed by atoms with Crippen LogP contribution in [0.4, 0.5) is 5.69 Å². The van der Waals surface area contributed by atoms with Crippen LogP contribution in [0.2, 0.25) is 0 Å². The number of aryl methyl sites for hydroxylation is 1. The van der Waals surface area contributed by atoms with Gasteiger partial charge in [-0.2, -0.15) is 0 Å². The first-order valence-corrected chi connectivity index (χ1v) is 13.6. The molecule has 2 N–H and O–H groups in total. The second kappa shape index (κ2) is 9.14. The van der Waals surface area contributed by atoms with Crippen LogP contribution in [0.3, 0.4) is 0 Å². The molecule has 0 aromatic heterocycles. The predicted octanol–water partition coefficient (Wildman–Crippen LogP) is 6.81. The van der Waals surface area contributed by atoms with Gasteiger partial charge < -0.3 is 10.6 Å². The van der Waals surface area contributed by atoms with Crippen LogP contribution < -0.4 is 10.6 Å². The molecule has 1 aliphatic heterocycles. The third-order valence-electron chi connectivity index (χ3n) is 8.19. The number of carbonyl (C=O) groups is 1. The number of hydrogen-bond donors (Lipinski definition) is 2. The molecule has 1 heterocycles. The van der Waals surface area contributed by atoms with Crippen LogP contribution >= 0.6 is 11.8 Å². The van der Waals surface area contributed by atoms with Gasteiger partial charge in [0.05, 0.1) is 6.04 Å². The van der Waals surface area contributed by atoms with E-state index in [9.17, 15) is 4.79 Å². The standard InChI is InChI=1S/C30H32N2OS/c1-19-7-12-24(13-8-19)34-16-15-31-30(33)23-11-14-26-25(18-23)27-21-9-10-22(17-21)28(27)29(32-26)20-5-3-2-4-6-20/h2-8,11-14,18,21-22,27-29,32H,9-10,15-17H2,1H3,(H,31,33)/t21-,22-,27-,28+,29-/m0/s1. The van der Waals surface area contributed by atoms with Crippen LogP contribution in [0.15, 0.2) is 77.7 Å². The quantitative estimate of drug-likeness (QED) is 0.308. The van der Waals surface area contributed by atoms with E-state index in [-0.39, 0.29) is 5.91 Å². The third-order valence-corrected chi connectivity index (χ3v) is 9.20. The van der Waals surface area contributed by atoms with E-state index < -0.39 is 0 Å². The summed E-state index contributed by atoms with van der Waals surface area (Å²) in [7, 11) is 0. The first kappa shape index (κ1) is 21.8. The van der Waals surface area contributed by atoms with Crippen molar-refractivity contribution in [2.24, 2.45) is 17.8 Å². The third kappa shape index (κ3) is 4.02. The van der Waals surface area contributed by atoms with Gasteiger partial charge >= 0.3 is 0 Å². The summed E-state index contributed by atoms with van der Waals surface area (Å²) in [6, 6.07) is 26.2. The summed E-state index contributed by atoms with van der Waals surface area (Å²) < 4.78 is 0. The zero-order chi connectivity index (χ0) is 23.1. The Morgan fingerprint density at radius 1 is 1.00 bits per heavy atom. The number of nitrogens with one attached hydrogen (secondary N) is 2. The van der Waals surface area contributed by atoms with E-state index in [0.717, 1.165) is 23.2 Å². The topological polar surface area (TPSA) is 41.1 Å². The van der Waals surface area contributed by atoms with Crippen LogP contribution in [0.5, 0.6) is 0 Å². The molecule has 0 radical (unpaired) electrons. The summed E-state index contributed by atoms with van der Waals surface area (Å²) in [5, 5.41) is 7.01. The Hall–Kier alpha value is -2.72. The fraction of sp³-hybridized carbons (Fsp3) is 0.367. The van der Waals surface area contributed by atoms with Crippen LogP contribution in [0, 0.1) is 24.7 Å². The fourth-order valence-corrected chi connectivity index (χ4v) is 7.46. The molecule has 0 unspecified atom stereocenters. The first-order valence-electron chi connectivity index (χ1n) is 12.6. The number of hydrogen-bond acceptors (Lipinski definition) is 3. The monoisotopic (exact) mass is 468 g/mol. The lowest BCUT2D eigenvalue weighted by molar-refractivity contribution is 0.0956. The average Bonchev–Trinajstić information content (AvgIpc) is 3.50. The summed E-state index contributed by atoms with van der Waals surface area (Å²) in [5.41, 5.74) is 6.04. The summed E-state index contributed by atoms with van der Waals surface area (Å²) in [4.78, 5) is 14.2. The maximum atomic E-state index is 13.0. The van der Waals surface area contributed by atoms with Crippen molar-refractivity contribution >= 4 is 23.4 Å². The van der Waals surface area contributed by atoms with Gasteiger partial charge in [0.2, 0.25) is 0 Å². The Morgan fingerprint density at radius 3 is 2.62 bits per heavy atom. The van der Waals surface area contributed by atoms with Gasteiger partial charge in [-0.3, -0.25) is 4.79 Å². The van der Waals surface area contributed by atoms with Gasteiger partial charge in [0, 0.05) is 28.4 Å². The minimum absolute atomic E-state index is 0.0391. The van der Waals surface area contributed by atoms with Crippen LogP contribution in [-0.2, 0) is 0 Å². The molecule has 2 aliphatic carbocycles. The highest BCUT2D eigenvalue weighted by Crippen LogP contribution is 2.63. The Morgan fingerprint density at radius 2 is 1.79 bits per heavy atom. The van der Waals surface area contributed by atoms with E-state index in [1.165, 1.54) is 46.5 Å². The number of anilines is 1. The van der Waals surface area contributed by atoms with Crippen molar-refractivity contribution in [3.8, 4) is 0 Å². The molecule has 174 valence electrons. The van der Waals surface area contributed by atoms with E-state index in [2.05, 4.69) is 84.3 Å². The number of benzene rings is 3. The van der Waals surface area contributed by atoms with Crippen molar-refractivity contribution < 1.29 is 4.79 Å². The number of carbonyl (C=O) groups excluding carboxylic acids is 1. The molecule has 2 saturated carbocycles. The average molecular weight is 469 g/mol. The van der Waals surface area contributed by atoms with Gasteiger partial charge in [-0.15, -0.1) is 11.8 Å². The van der Waals surface area contributed by atoms with Crippen molar-refractivity contribution in [3.63, 3.8) is 0 Å². The van der Waals surface area contributed by atoms with Crippen molar-refractivity contribution in [1.82, 2.24) is 5.32 Å². The number of rotatable bonds is 6. The van der Waals surface area contributed by atoms with Crippen molar-refractivity contribution in [1.29, 1.82) is 0 Å². The number of fused-ring (bicyclic) bond motifs is 7. The van der Waals surface area contributed by atoms with E-state index in [4.69, 9.17) is 0 Å². The maximum Gasteiger partial charge on any atom is 0.251 e. The second-order valence-electron chi connectivity index (χ2n) is 10.2. The predicted molar refractivity (Wildman–Crippen MR) is 141 cm³/mol. The maximum absolute atomic E-state index is 13.0. The van der Waals surface area contributed by atoms with Crippen LogP contribution in [0.1, 0.15) is 58.3 Å². The van der Waals surface area contributed by atoms with Crippen LogP contribution in [0.25, 0.3) is 0 Å². The molecule has 1 amide bonds. The Labute approximate surface area is 206 Å². The molecule has 3 nitrogen and oxygen atoms in total. The molecular weight excluding hydrogens is 436 g/mol. The highest BCUT2D eigenvalue weighted by molar-refractivity contribution is 7.99. The normalized spacial score (nSPS) is 26.4. The molecule has 3 aromatic rings. The summed E-state index contributed by atoms with van der Waals surface area (Å²) in [5.74, 6) is 3.64. The van der Waals surface area contributed by atoms with Gasteiger partial charge in [-0.05, 0) is 91.3 Å². The number of thioether (sulfide) groups is 1. The zero-order valence-corrected chi connectivity index (χ0v) is 20.5. The smallest absolute Gasteiger partial charge is 0.251 e. The van der Waals surface area contributed by atoms with E-state index in [1.807, 2.05) is 6.07 Å². The van der Waals surface area contributed by atoms with Gasteiger partial charge in [0.15, 0.2) is 0 Å². The lowest BCUT2D eigenvalue weighted by Gasteiger charge is -2.43. The zero-order valence-electron chi connectivity index (χ0n) is 19.7. The first-order chi connectivity index (χ1) is 16.7. The van der Waals surface area contributed by atoms with Crippen LogP contribution in [-0.4, -0.2) is 18.2 Å². The molecule has 4 heteroatoms. The molecule has 3 aromatic carbocycles. The minimum Gasteiger partial charge on any atom is -0.378 e. The summed E-state index contributed by atoms with van der Waals surface area (Å²) in [6.45, 7) is 2.77. The molecule has 2 fully saturated rings. The SMILES string of the molecule is Cc1ccc(SCCNC(=O)c2ccc3c(c2)[C@@H]2[C@H]4CC[C@@H](C4)[C@H]2[C@H](c2ccccc2)N3)cc1. The summed E-state index contributed by atoms with van der Waals surface area (Å²) >= 11 is 1.78. The van der Waals surface area contributed by atoms with E-state index in [0.29, 0.717) is 24.4 Å². The van der Waals surface area contributed by atoms with E-state index >= 15 is 0 Å². The summed E-state index contributed by atoms with van der Waals surface area (Å²) in [6.07, 6.45) is 4.02. The molecular formula is C30H32N2OS. The fourth-order valence-electron chi connectivity index (χ4n) is 6.69. The Balaban J connectivity index is 1.17. The van der Waals surface area contributed by atoms with Crippen molar-refractivity contribution in [2.45, 2.75) is 43.0 Å². The molecule has 6 rings (SSSR count). The highest BCUT2D eigenvalue weighted by Gasteiger charge is 2.53. The van der Waals surface area contributed by atoms with E-state index in [1.54, 1.807) is 11.8 Å². The van der Waals surface area contributed by atoms with Gasteiger partial charge in [0.1, 0.15) is 0 Å². The Bertz CT molecular complexity index is 1180. The molecule has 5 atom stereocenters. The molecule has 0 spiro atoms. The molecule has 2 bridgehead atoms. The highest BCUT2D eigenvalue weighted by atomic mass is 32.2. The lowest BCUT2D eigenvalue weighted by Crippen LogP contribution is -2.35. The lowest BCUT2D eigenvalue weighted by atomic mass is 9.68. The Kier molecular flexibility index (Phi) is 5.86. The van der Waals surface area contributed by atoms with Gasteiger partial charge in [0.25, 0.3) is 5.91 Å².